The molecule has 21 heavy (non-hydrogen) atoms. The Balaban J connectivity index is 1.75. The molecule has 2 bridgehead atoms. The zero-order valence-electron chi connectivity index (χ0n) is 14.1. The van der Waals surface area contributed by atoms with Gasteiger partial charge in [-0.05, 0) is 54.8 Å². The summed E-state index contributed by atoms with van der Waals surface area (Å²) in [7, 11) is 0. The molecule has 3 aliphatic rings. The van der Waals surface area contributed by atoms with Crippen molar-refractivity contribution in [2.75, 3.05) is 0 Å². The van der Waals surface area contributed by atoms with E-state index in [0.717, 1.165) is 18.8 Å². The van der Waals surface area contributed by atoms with E-state index in [1.165, 1.54) is 25.7 Å². The van der Waals surface area contributed by atoms with Gasteiger partial charge in [-0.1, -0.05) is 34.1 Å². The highest BCUT2D eigenvalue weighted by Crippen LogP contribution is 2.62. The first kappa shape index (κ1) is 15.3. The molecule has 3 N–H and O–H groups in total. The lowest BCUT2D eigenvalue weighted by Crippen LogP contribution is -2.57. The van der Waals surface area contributed by atoms with Gasteiger partial charge in [-0.25, -0.2) is 0 Å². The van der Waals surface area contributed by atoms with Crippen molar-refractivity contribution in [2.45, 2.75) is 78.3 Å². The molecule has 0 saturated heterocycles. The van der Waals surface area contributed by atoms with Crippen LogP contribution in [0.2, 0.25) is 0 Å². The number of carbonyl (C=O) groups excluding carboxylic acids is 1. The van der Waals surface area contributed by atoms with Crippen LogP contribution in [0.5, 0.6) is 0 Å². The Kier molecular flexibility index (Phi) is 3.63. The van der Waals surface area contributed by atoms with E-state index >= 15 is 0 Å². The number of nitrogens with one attached hydrogen (secondary N) is 1. The standard InChI is InChI=1S/C18H32N2O/c1-11-6-5-7-13(19)14(11)15(21)20-16-17(2,3)12-8-9-18(16,4)10-12/h11-14,16H,5-10,19H2,1-4H3,(H,20,21). The van der Waals surface area contributed by atoms with Gasteiger partial charge in [0.05, 0.1) is 5.92 Å². The first-order valence-electron chi connectivity index (χ1n) is 8.81. The quantitative estimate of drug-likeness (QED) is 0.822. The molecule has 3 heteroatoms. The molecule has 0 radical (unpaired) electrons. The molecule has 3 nitrogen and oxygen atoms in total. The summed E-state index contributed by atoms with van der Waals surface area (Å²) >= 11 is 0. The molecule has 6 unspecified atom stereocenters. The molecule has 120 valence electrons. The SMILES string of the molecule is CC1CCCC(N)C1C(=O)NC1C2(C)CCC(C2)C1(C)C. The Labute approximate surface area is 129 Å². The number of rotatable bonds is 2. The minimum Gasteiger partial charge on any atom is -0.352 e. The highest BCUT2D eigenvalue weighted by molar-refractivity contribution is 5.80. The minimum atomic E-state index is 0.0114. The van der Waals surface area contributed by atoms with Crippen LogP contribution in [0.4, 0.5) is 0 Å². The number of hydrogen-bond acceptors (Lipinski definition) is 2. The molecule has 3 fully saturated rings. The fourth-order valence-corrected chi connectivity index (χ4v) is 5.81. The molecule has 0 aromatic rings. The summed E-state index contributed by atoms with van der Waals surface area (Å²) in [6, 6.07) is 0.362. The van der Waals surface area contributed by atoms with Crippen LogP contribution in [0.15, 0.2) is 0 Å². The van der Waals surface area contributed by atoms with Crippen LogP contribution in [0.3, 0.4) is 0 Å². The molecular formula is C18H32N2O. The number of fused-ring (bicyclic) bond motifs is 2. The Morgan fingerprint density at radius 3 is 2.48 bits per heavy atom. The second-order valence-electron chi connectivity index (χ2n) is 8.95. The maximum atomic E-state index is 12.9. The van der Waals surface area contributed by atoms with Crippen molar-refractivity contribution in [2.24, 2.45) is 34.3 Å². The predicted molar refractivity (Wildman–Crippen MR) is 85.6 cm³/mol. The number of amides is 1. The van der Waals surface area contributed by atoms with E-state index in [1.54, 1.807) is 0 Å². The van der Waals surface area contributed by atoms with Gasteiger partial charge < -0.3 is 11.1 Å². The molecule has 0 aromatic carbocycles. The third kappa shape index (κ3) is 2.32. The normalized spacial score (nSPS) is 48.3. The molecule has 3 aliphatic carbocycles. The Morgan fingerprint density at radius 1 is 1.19 bits per heavy atom. The average Bonchev–Trinajstić information content (AvgIpc) is 2.86. The third-order valence-electron chi connectivity index (χ3n) is 7.13. The average molecular weight is 292 g/mol. The van der Waals surface area contributed by atoms with E-state index in [-0.39, 0.29) is 23.3 Å². The predicted octanol–water partition coefficient (Wildman–Crippen LogP) is 3.08. The van der Waals surface area contributed by atoms with Crippen molar-refractivity contribution in [3.05, 3.63) is 0 Å². The second-order valence-corrected chi connectivity index (χ2v) is 8.95. The van der Waals surface area contributed by atoms with Crippen LogP contribution in [-0.4, -0.2) is 18.0 Å². The lowest BCUT2D eigenvalue weighted by atomic mass is 9.68. The number of carbonyl (C=O) groups is 1. The molecule has 0 aliphatic heterocycles. The van der Waals surface area contributed by atoms with Gasteiger partial charge >= 0.3 is 0 Å². The summed E-state index contributed by atoms with van der Waals surface area (Å²) in [5.74, 6) is 1.42. The maximum absolute atomic E-state index is 12.9. The first-order chi connectivity index (χ1) is 9.75. The van der Waals surface area contributed by atoms with Crippen molar-refractivity contribution in [3.63, 3.8) is 0 Å². The van der Waals surface area contributed by atoms with Crippen molar-refractivity contribution >= 4 is 5.91 Å². The largest absolute Gasteiger partial charge is 0.352 e. The van der Waals surface area contributed by atoms with Gasteiger partial charge in [-0.3, -0.25) is 4.79 Å². The van der Waals surface area contributed by atoms with Crippen LogP contribution < -0.4 is 11.1 Å². The van der Waals surface area contributed by atoms with Gasteiger partial charge in [0.2, 0.25) is 5.91 Å². The maximum Gasteiger partial charge on any atom is 0.225 e. The second kappa shape index (κ2) is 4.97. The van der Waals surface area contributed by atoms with Crippen molar-refractivity contribution < 1.29 is 4.79 Å². The molecule has 0 spiro atoms. The summed E-state index contributed by atoms with van der Waals surface area (Å²) in [6.07, 6.45) is 7.17. The molecular weight excluding hydrogens is 260 g/mol. The van der Waals surface area contributed by atoms with Crippen molar-refractivity contribution in [3.8, 4) is 0 Å². The monoisotopic (exact) mass is 292 g/mol. The molecule has 3 rings (SSSR count). The summed E-state index contributed by atoms with van der Waals surface area (Å²) in [5.41, 5.74) is 6.78. The van der Waals surface area contributed by atoms with Gasteiger partial charge in [-0.15, -0.1) is 0 Å². The molecule has 6 atom stereocenters. The summed E-state index contributed by atoms with van der Waals surface area (Å²) in [5, 5.41) is 3.45. The highest BCUT2D eigenvalue weighted by Gasteiger charge is 2.60. The minimum absolute atomic E-state index is 0.0114. The van der Waals surface area contributed by atoms with E-state index in [9.17, 15) is 4.79 Å². The van der Waals surface area contributed by atoms with E-state index in [0.29, 0.717) is 17.4 Å². The molecule has 3 saturated carbocycles. The molecule has 0 heterocycles. The fourth-order valence-electron chi connectivity index (χ4n) is 5.81. The van der Waals surface area contributed by atoms with E-state index in [2.05, 4.69) is 33.0 Å². The lowest BCUT2D eigenvalue weighted by molar-refractivity contribution is -0.131. The summed E-state index contributed by atoms with van der Waals surface area (Å²) in [6.45, 7) is 9.25. The summed E-state index contributed by atoms with van der Waals surface area (Å²) < 4.78 is 0. The molecule has 1 amide bonds. The number of hydrogen-bond donors (Lipinski definition) is 2. The Morgan fingerprint density at radius 2 is 1.90 bits per heavy atom. The van der Waals surface area contributed by atoms with Gasteiger partial charge in [-0.2, -0.15) is 0 Å². The highest BCUT2D eigenvalue weighted by atomic mass is 16.2. The first-order valence-corrected chi connectivity index (χ1v) is 8.81. The Hall–Kier alpha value is -0.570. The van der Waals surface area contributed by atoms with Crippen molar-refractivity contribution in [1.29, 1.82) is 0 Å². The van der Waals surface area contributed by atoms with Gasteiger partial charge in [0.15, 0.2) is 0 Å². The van der Waals surface area contributed by atoms with Crippen LogP contribution in [0.25, 0.3) is 0 Å². The summed E-state index contributed by atoms with van der Waals surface area (Å²) in [4.78, 5) is 12.9. The molecule has 0 aromatic heterocycles. The van der Waals surface area contributed by atoms with Gasteiger partial charge in [0.25, 0.3) is 0 Å². The van der Waals surface area contributed by atoms with Crippen LogP contribution in [0.1, 0.15) is 66.2 Å². The zero-order chi connectivity index (χ0) is 15.4. The fraction of sp³-hybridized carbons (Fsp3) is 0.944. The van der Waals surface area contributed by atoms with Crippen molar-refractivity contribution in [1.82, 2.24) is 5.32 Å². The zero-order valence-corrected chi connectivity index (χ0v) is 14.1. The Bertz CT molecular complexity index is 418. The van der Waals surface area contributed by atoms with E-state index in [4.69, 9.17) is 5.73 Å². The lowest BCUT2D eigenvalue weighted by Gasteiger charge is -2.44. The van der Waals surface area contributed by atoms with Crippen LogP contribution in [-0.2, 0) is 4.79 Å². The van der Waals surface area contributed by atoms with Crippen LogP contribution in [0, 0.1) is 28.6 Å². The van der Waals surface area contributed by atoms with Crippen LogP contribution >= 0.6 is 0 Å². The number of nitrogens with two attached hydrogens (primary N) is 1. The smallest absolute Gasteiger partial charge is 0.225 e. The third-order valence-corrected chi connectivity index (χ3v) is 7.13. The van der Waals surface area contributed by atoms with Gasteiger partial charge in [0, 0.05) is 12.1 Å². The van der Waals surface area contributed by atoms with E-state index < -0.39 is 0 Å². The van der Waals surface area contributed by atoms with E-state index in [1.807, 2.05) is 0 Å². The topological polar surface area (TPSA) is 55.1 Å². The van der Waals surface area contributed by atoms with Gasteiger partial charge in [0.1, 0.15) is 0 Å².